The molecule has 0 atom stereocenters. The van der Waals surface area contributed by atoms with Crippen LogP contribution in [0.4, 0.5) is 5.00 Å². The lowest BCUT2D eigenvalue weighted by Crippen LogP contribution is -2.23. The van der Waals surface area contributed by atoms with Crippen LogP contribution < -0.4 is 20.5 Å². The average molecular weight is 392 g/mol. The number of aldehydes is 1. The van der Waals surface area contributed by atoms with Crippen LogP contribution in [0.15, 0.2) is 23.6 Å². The Morgan fingerprint density at radius 1 is 1.19 bits per heavy atom. The van der Waals surface area contributed by atoms with E-state index in [0.717, 1.165) is 11.3 Å². The summed E-state index contributed by atoms with van der Waals surface area (Å²) < 4.78 is 15.2. The van der Waals surface area contributed by atoms with Crippen molar-refractivity contribution in [2.45, 2.75) is 0 Å². The van der Waals surface area contributed by atoms with Gasteiger partial charge in [0.25, 0.3) is 11.8 Å². The summed E-state index contributed by atoms with van der Waals surface area (Å²) in [5, 5.41) is 4.26. The van der Waals surface area contributed by atoms with Crippen LogP contribution in [0.1, 0.15) is 31.1 Å². The van der Waals surface area contributed by atoms with Gasteiger partial charge in [-0.1, -0.05) is 0 Å². The number of carbonyl (C=O) groups is 4. The third-order valence-corrected chi connectivity index (χ3v) is 4.26. The molecular formula is C17H16N2O7S. The molecular weight excluding hydrogens is 376 g/mol. The normalized spacial score (nSPS) is 10.0. The topological polar surface area (TPSA) is 134 Å². The van der Waals surface area contributed by atoms with Crippen molar-refractivity contribution in [2.24, 2.45) is 5.73 Å². The maximum absolute atomic E-state index is 12.4. The van der Waals surface area contributed by atoms with E-state index in [4.69, 9.17) is 19.9 Å². The molecule has 0 fully saturated rings. The molecule has 10 heteroatoms. The Morgan fingerprint density at radius 3 is 2.52 bits per heavy atom. The summed E-state index contributed by atoms with van der Waals surface area (Å²) in [6.07, 6.45) is 0.462. The lowest BCUT2D eigenvalue weighted by atomic mass is 10.1. The van der Waals surface area contributed by atoms with Gasteiger partial charge in [-0.15, -0.1) is 11.3 Å². The first kappa shape index (κ1) is 19.9. The molecule has 0 radical (unpaired) electrons. The van der Waals surface area contributed by atoms with Gasteiger partial charge in [0, 0.05) is 5.56 Å². The molecule has 0 unspecified atom stereocenters. The third-order valence-electron chi connectivity index (χ3n) is 3.43. The van der Waals surface area contributed by atoms with Crippen LogP contribution in [0, 0.1) is 0 Å². The number of nitrogens with one attached hydrogen (secondary N) is 1. The van der Waals surface area contributed by atoms with E-state index in [2.05, 4.69) is 5.32 Å². The van der Waals surface area contributed by atoms with Crippen molar-refractivity contribution in [3.63, 3.8) is 0 Å². The monoisotopic (exact) mass is 392 g/mol. The summed E-state index contributed by atoms with van der Waals surface area (Å²) in [5.41, 5.74) is 5.21. The second-order valence-corrected chi connectivity index (χ2v) is 5.95. The quantitative estimate of drug-likeness (QED) is 0.513. The minimum Gasteiger partial charge on any atom is -0.493 e. The summed E-state index contributed by atoms with van der Waals surface area (Å²) in [6.45, 7) is -0.645. The number of carbonyl (C=O) groups excluding carboxylic acids is 4. The highest BCUT2D eigenvalue weighted by molar-refractivity contribution is 7.14. The maximum Gasteiger partial charge on any atom is 0.343 e. The van der Waals surface area contributed by atoms with E-state index in [1.165, 1.54) is 32.4 Å². The summed E-state index contributed by atoms with van der Waals surface area (Å²) in [6, 6.07) is 4.30. The van der Waals surface area contributed by atoms with Crippen LogP contribution in [0.5, 0.6) is 11.5 Å². The molecule has 3 N–H and O–H groups in total. The minimum atomic E-state index is -0.940. The highest BCUT2D eigenvalue weighted by Crippen LogP contribution is 2.33. The fourth-order valence-electron chi connectivity index (χ4n) is 2.22. The number of anilines is 1. The van der Waals surface area contributed by atoms with Gasteiger partial charge in [-0.2, -0.15) is 0 Å². The van der Waals surface area contributed by atoms with Crippen molar-refractivity contribution in [3.8, 4) is 11.5 Å². The molecule has 0 saturated heterocycles. The zero-order valence-electron chi connectivity index (χ0n) is 14.4. The van der Waals surface area contributed by atoms with E-state index in [-0.39, 0.29) is 33.2 Å². The predicted octanol–water partition coefficient (Wildman–Crippen LogP) is 1.47. The van der Waals surface area contributed by atoms with Crippen molar-refractivity contribution in [2.75, 3.05) is 26.1 Å². The number of primary amides is 1. The van der Waals surface area contributed by atoms with E-state index < -0.39 is 24.4 Å². The summed E-state index contributed by atoms with van der Waals surface area (Å²) >= 11 is 1.10. The molecule has 0 saturated carbocycles. The molecule has 0 aliphatic heterocycles. The van der Waals surface area contributed by atoms with E-state index in [1.54, 1.807) is 5.38 Å². The highest BCUT2D eigenvalue weighted by atomic mass is 32.1. The Hall–Kier alpha value is -3.40. The van der Waals surface area contributed by atoms with E-state index >= 15 is 0 Å². The van der Waals surface area contributed by atoms with E-state index in [9.17, 15) is 19.2 Å². The lowest BCUT2D eigenvalue weighted by molar-refractivity contribution is -0.119. The number of amides is 2. The Morgan fingerprint density at radius 2 is 1.93 bits per heavy atom. The van der Waals surface area contributed by atoms with Crippen LogP contribution in [0.2, 0.25) is 0 Å². The number of thiophene rings is 1. The van der Waals surface area contributed by atoms with Gasteiger partial charge in [-0.05, 0) is 23.6 Å². The number of ether oxygens (including phenoxy) is 3. The molecule has 2 rings (SSSR count). The summed E-state index contributed by atoms with van der Waals surface area (Å²) in [4.78, 5) is 46.9. The number of hydrogen-bond donors (Lipinski definition) is 2. The molecule has 1 aromatic heterocycles. The third kappa shape index (κ3) is 4.42. The molecule has 2 amide bonds. The van der Waals surface area contributed by atoms with E-state index in [1.807, 2.05) is 0 Å². The standard InChI is InChI=1S/C17H16N2O7S/c1-24-11-4-3-9(7-20)13(14(11)25-2)17(23)26-8-12(21)19-16-10(15(18)22)5-6-27-16/h3-7H,8H2,1-2H3,(H2,18,22)(H,19,21). The van der Waals surface area contributed by atoms with Crippen molar-refractivity contribution in [1.29, 1.82) is 0 Å². The summed E-state index contributed by atoms with van der Waals surface area (Å²) in [7, 11) is 2.68. The van der Waals surface area contributed by atoms with Gasteiger partial charge in [-0.3, -0.25) is 14.4 Å². The lowest BCUT2D eigenvalue weighted by Gasteiger charge is -2.14. The smallest absolute Gasteiger partial charge is 0.343 e. The first-order chi connectivity index (χ1) is 12.9. The van der Waals surface area contributed by atoms with Crippen LogP contribution >= 0.6 is 11.3 Å². The number of nitrogens with two attached hydrogens (primary N) is 1. The van der Waals surface area contributed by atoms with Gasteiger partial charge in [-0.25, -0.2) is 4.79 Å². The largest absolute Gasteiger partial charge is 0.493 e. The Labute approximate surface area is 158 Å². The van der Waals surface area contributed by atoms with Crippen LogP contribution in [0.25, 0.3) is 0 Å². The summed E-state index contributed by atoms with van der Waals surface area (Å²) in [5.74, 6) is -2.07. The molecule has 9 nitrogen and oxygen atoms in total. The van der Waals surface area contributed by atoms with Crippen LogP contribution in [-0.2, 0) is 9.53 Å². The van der Waals surface area contributed by atoms with Crippen LogP contribution in [0.3, 0.4) is 0 Å². The zero-order chi connectivity index (χ0) is 20.0. The van der Waals surface area contributed by atoms with Gasteiger partial charge in [0.15, 0.2) is 24.4 Å². The maximum atomic E-state index is 12.4. The molecule has 1 heterocycles. The molecule has 0 aliphatic rings. The number of rotatable bonds is 8. The first-order valence-electron chi connectivity index (χ1n) is 7.47. The minimum absolute atomic E-state index is 0.0155. The fraction of sp³-hybridized carbons (Fsp3) is 0.176. The molecule has 1 aromatic carbocycles. The Kier molecular flexibility index (Phi) is 6.50. The highest BCUT2D eigenvalue weighted by Gasteiger charge is 2.23. The Balaban J connectivity index is 2.13. The van der Waals surface area contributed by atoms with Gasteiger partial charge < -0.3 is 25.3 Å². The molecule has 2 aromatic rings. The molecule has 27 heavy (non-hydrogen) atoms. The second-order valence-electron chi connectivity index (χ2n) is 5.04. The molecule has 142 valence electrons. The SMILES string of the molecule is COc1ccc(C=O)c(C(=O)OCC(=O)Nc2sccc2C(N)=O)c1OC. The van der Waals surface area contributed by atoms with Crippen molar-refractivity contribution < 1.29 is 33.4 Å². The van der Waals surface area contributed by atoms with E-state index in [0.29, 0.717) is 6.29 Å². The predicted molar refractivity (Wildman–Crippen MR) is 96.7 cm³/mol. The fourth-order valence-corrected chi connectivity index (χ4v) is 3.03. The second kappa shape index (κ2) is 8.81. The first-order valence-corrected chi connectivity index (χ1v) is 8.35. The van der Waals surface area contributed by atoms with Gasteiger partial charge in [0.05, 0.1) is 19.8 Å². The van der Waals surface area contributed by atoms with Crippen molar-refractivity contribution >= 4 is 40.4 Å². The Bertz CT molecular complexity index is 891. The van der Waals surface area contributed by atoms with Gasteiger partial charge in [0.1, 0.15) is 10.6 Å². The molecule has 0 aliphatic carbocycles. The van der Waals surface area contributed by atoms with Gasteiger partial charge >= 0.3 is 5.97 Å². The number of methoxy groups -OCH3 is 2. The van der Waals surface area contributed by atoms with Crippen molar-refractivity contribution in [1.82, 2.24) is 0 Å². The zero-order valence-corrected chi connectivity index (χ0v) is 15.3. The van der Waals surface area contributed by atoms with Gasteiger partial charge in [0.2, 0.25) is 0 Å². The number of esters is 1. The molecule has 0 spiro atoms. The average Bonchev–Trinajstić information content (AvgIpc) is 3.12. The van der Waals surface area contributed by atoms with Crippen LogP contribution in [-0.4, -0.2) is 44.9 Å². The molecule has 0 bridgehead atoms. The van der Waals surface area contributed by atoms with Crippen molar-refractivity contribution in [3.05, 3.63) is 40.3 Å². The number of hydrogen-bond acceptors (Lipinski definition) is 8. The number of benzene rings is 1.